The molecule has 3 heterocycles. The Morgan fingerprint density at radius 1 is 1.32 bits per heavy atom. The lowest BCUT2D eigenvalue weighted by Gasteiger charge is -2.11. The number of fused-ring (bicyclic) bond motifs is 1. The lowest BCUT2D eigenvalue weighted by Crippen LogP contribution is -2.29. The van der Waals surface area contributed by atoms with Gasteiger partial charge in [-0.2, -0.15) is 5.10 Å². The van der Waals surface area contributed by atoms with E-state index in [2.05, 4.69) is 42.0 Å². The zero-order chi connectivity index (χ0) is 19.7. The lowest BCUT2D eigenvalue weighted by molar-refractivity contribution is -0.115. The number of pyridine rings is 1. The highest BCUT2D eigenvalue weighted by molar-refractivity contribution is 9.11. The molecule has 1 aliphatic carbocycles. The molecule has 0 unspecified atom stereocenters. The Hall–Kier alpha value is -2.30. The summed E-state index contributed by atoms with van der Waals surface area (Å²) in [7, 11) is 0. The Morgan fingerprint density at radius 2 is 2.14 bits per heavy atom. The first-order chi connectivity index (χ1) is 13.5. The molecule has 0 aliphatic heterocycles. The molecule has 3 aromatic heterocycles. The van der Waals surface area contributed by atoms with E-state index in [4.69, 9.17) is 0 Å². The lowest BCUT2D eigenvalue weighted by atomic mass is 10.2. The maximum absolute atomic E-state index is 12.7. The van der Waals surface area contributed by atoms with Crippen LogP contribution in [0.5, 0.6) is 0 Å². The van der Waals surface area contributed by atoms with Crippen molar-refractivity contribution in [3.8, 4) is 0 Å². The van der Waals surface area contributed by atoms with Crippen LogP contribution in [-0.4, -0.2) is 39.5 Å². The zero-order valence-corrected chi connectivity index (χ0v) is 17.6. The summed E-state index contributed by atoms with van der Waals surface area (Å²) in [6.07, 6.45) is 7.40. The second kappa shape index (κ2) is 7.98. The number of aromatic nitrogens is 3. The summed E-state index contributed by atoms with van der Waals surface area (Å²) < 4.78 is 2.54. The summed E-state index contributed by atoms with van der Waals surface area (Å²) in [5.41, 5.74) is 2.23. The highest BCUT2D eigenvalue weighted by atomic mass is 79.9. The van der Waals surface area contributed by atoms with E-state index in [0.29, 0.717) is 22.6 Å². The van der Waals surface area contributed by atoms with E-state index in [0.717, 1.165) is 21.1 Å². The Morgan fingerprint density at radius 3 is 2.93 bits per heavy atom. The number of amides is 2. The van der Waals surface area contributed by atoms with Crippen molar-refractivity contribution in [2.45, 2.75) is 19.8 Å². The van der Waals surface area contributed by atoms with Crippen molar-refractivity contribution in [1.29, 1.82) is 0 Å². The van der Waals surface area contributed by atoms with E-state index in [-0.39, 0.29) is 18.4 Å². The molecule has 1 fully saturated rings. The first-order valence-electron chi connectivity index (χ1n) is 8.91. The van der Waals surface area contributed by atoms with Crippen LogP contribution in [0.4, 0.5) is 11.4 Å². The molecule has 8 nitrogen and oxygen atoms in total. The van der Waals surface area contributed by atoms with E-state index in [1.54, 1.807) is 29.9 Å². The van der Waals surface area contributed by atoms with Gasteiger partial charge in [-0.3, -0.25) is 14.6 Å². The molecule has 3 aromatic rings. The van der Waals surface area contributed by atoms with E-state index in [1.807, 2.05) is 0 Å². The van der Waals surface area contributed by atoms with Crippen molar-refractivity contribution < 1.29 is 9.59 Å². The van der Waals surface area contributed by atoms with Crippen LogP contribution < -0.4 is 16.0 Å². The minimum absolute atomic E-state index is 0.134. The van der Waals surface area contributed by atoms with Gasteiger partial charge in [-0.1, -0.05) is 0 Å². The topological polar surface area (TPSA) is 100 Å². The number of nitrogens with zero attached hydrogens (tertiary/aromatic N) is 3. The number of carbonyl (C=O) groups is 2. The summed E-state index contributed by atoms with van der Waals surface area (Å²) in [6, 6.07) is 1.71. The minimum Gasteiger partial charge on any atom is -0.324 e. The summed E-state index contributed by atoms with van der Waals surface area (Å²) in [4.78, 5) is 29.8. The maximum Gasteiger partial charge on any atom is 0.260 e. The molecule has 0 bridgehead atoms. The van der Waals surface area contributed by atoms with Gasteiger partial charge in [0.1, 0.15) is 4.83 Å². The van der Waals surface area contributed by atoms with Gasteiger partial charge < -0.3 is 16.0 Å². The third-order valence-electron chi connectivity index (χ3n) is 4.45. The second-order valence-electron chi connectivity index (χ2n) is 6.78. The van der Waals surface area contributed by atoms with Crippen LogP contribution in [0, 0.1) is 12.8 Å². The molecule has 0 atom stereocenters. The average molecular weight is 463 g/mol. The standard InChI is InChI=1S/C18H19BrN6O2S/c1-10-14(24-17(27)13-7-22-25-9-15(19)28-18(13)25)4-12(6-21-10)23-16(26)8-20-5-11-2-3-11/h4,6-7,9,11,20H,2-3,5,8H2,1H3,(H,23,26)(H,24,27). The number of carbonyl (C=O) groups excluding carboxylic acids is 2. The number of hydrogen-bond donors (Lipinski definition) is 3. The first kappa shape index (κ1) is 19.0. The van der Waals surface area contributed by atoms with E-state index in [9.17, 15) is 9.59 Å². The number of halogens is 1. The SMILES string of the molecule is Cc1ncc(NC(=O)CNCC2CC2)cc1NC(=O)c1cnn2cc(Br)sc12. The molecule has 0 saturated heterocycles. The quantitative estimate of drug-likeness (QED) is 0.500. The molecule has 2 amide bonds. The van der Waals surface area contributed by atoms with Gasteiger partial charge in [0.15, 0.2) is 0 Å². The summed E-state index contributed by atoms with van der Waals surface area (Å²) in [6.45, 7) is 2.93. The molecule has 1 saturated carbocycles. The predicted molar refractivity (Wildman–Crippen MR) is 112 cm³/mol. The number of rotatable bonds is 7. The summed E-state index contributed by atoms with van der Waals surface area (Å²) in [5, 5.41) is 13.0. The van der Waals surface area contributed by atoms with E-state index >= 15 is 0 Å². The number of nitrogens with one attached hydrogen (secondary N) is 3. The van der Waals surface area contributed by atoms with Crippen molar-refractivity contribution in [2.24, 2.45) is 5.92 Å². The van der Waals surface area contributed by atoms with E-state index < -0.39 is 0 Å². The van der Waals surface area contributed by atoms with E-state index in [1.165, 1.54) is 30.4 Å². The molecular weight excluding hydrogens is 444 g/mol. The molecule has 0 aromatic carbocycles. The van der Waals surface area contributed by atoms with Gasteiger partial charge >= 0.3 is 0 Å². The van der Waals surface area contributed by atoms with Gasteiger partial charge in [0.05, 0.1) is 51.6 Å². The van der Waals surface area contributed by atoms with Crippen molar-refractivity contribution >= 4 is 55.3 Å². The zero-order valence-electron chi connectivity index (χ0n) is 15.2. The number of thiazole rings is 1. The molecule has 4 rings (SSSR count). The summed E-state index contributed by atoms with van der Waals surface area (Å²) >= 11 is 4.83. The Labute approximate surface area is 173 Å². The van der Waals surface area contributed by atoms with Crippen LogP contribution in [0.3, 0.4) is 0 Å². The third kappa shape index (κ3) is 4.40. The Bertz CT molecular complexity index is 1040. The van der Waals surface area contributed by atoms with Crippen LogP contribution in [0.2, 0.25) is 0 Å². The molecule has 1 aliphatic rings. The van der Waals surface area contributed by atoms with Crippen LogP contribution >= 0.6 is 27.3 Å². The van der Waals surface area contributed by atoms with Gasteiger partial charge in [0.2, 0.25) is 5.91 Å². The second-order valence-corrected chi connectivity index (χ2v) is 9.19. The molecule has 146 valence electrons. The Kier molecular flexibility index (Phi) is 5.42. The molecule has 0 spiro atoms. The van der Waals surface area contributed by atoms with Gasteiger partial charge in [0.25, 0.3) is 5.91 Å². The molecular formula is C18H19BrN6O2S. The fourth-order valence-corrected chi connectivity index (χ4v) is 4.19. The fraction of sp³-hybridized carbons (Fsp3) is 0.333. The third-order valence-corrected chi connectivity index (χ3v) is 6.04. The van der Waals surface area contributed by atoms with Gasteiger partial charge in [-0.25, -0.2) is 4.52 Å². The predicted octanol–water partition coefficient (Wildman–Crippen LogP) is 3.05. The van der Waals surface area contributed by atoms with Crippen LogP contribution in [-0.2, 0) is 4.79 Å². The summed E-state index contributed by atoms with van der Waals surface area (Å²) in [5.74, 6) is 0.309. The highest BCUT2D eigenvalue weighted by Gasteiger charge is 2.20. The molecule has 28 heavy (non-hydrogen) atoms. The maximum atomic E-state index is 12.7. The number of hydrogen-bond acceptors (Lipinski definition) is 6. The van der Waals surface area contributed by atoms with Crippen molar-refractivity contribution in [3.63, 3.8) is 0 Å². The van der Waals surface area contributed by atoms with Crippen molar-refractivity contribution in [1.82, 2.24) is 19.9 Å². The number of anilines is 2. The van der Waals surface area contributed by atoms with Gasteiger partial charge in [-0.05, 0) is 54.2 Å². The fourth-order valence-electron chi connectivity index (χ4n) is 2.75. The van der Waals surface area contributed by atoms with Crippen molar-refractivity contribution in [2.75, 3.05) is 23.7 Å². The van der Waals surface area contributed by atoms with Crippen LogP contribution in [0.25, 0.3) is 4.83 Å². The van der Waals surface area contributed by atoms with Crippen LogP contribution in [0.1, 0.15) is 28.9 Å². The molecule has 10 heteroatoms. The van der Waals surface area contributed by atoms with Gasteiger partial charge in [-0.15, -0.1) is 11.3 Å². The monoisotopic (exact) mass is 462 g/mol. The molecule has 0 radical (unpaired) electrons. The van der Waals surface area contributed by atoms with Crippen LogP contribution in [0.15, 0.2) is 28.4 Å². The average Bonchev–Trinajstić information content (AvgIpc) is 3.28. The Balaban J connectivity index is 1.42. The van der Waals surface area contributed by atoms with Gasteiger partial charge in [0, 0.05) is 0 Å². The first-order valence-corrected chi connectivity index (χ1v) is 10.5. The number of aryl methyl sites for hydroxylation is 1. The minimum atomic E-state index is -0.274. The van der Waals surface area contributed by atoms with Crippen molar-refractivity contribution in [3.05, 3.63) is 39.7 Å². The molecule has 3 N–H and O–H groups in total. The normalized spacial score (nSPS) is 13.6. The highest BCUT2D eigenvalue weighted by Crippen LogP contribution is 2.28. The smallest absolute Gasteiger partial charge is 0.260 e. The largest absolute Gasteiger partial charge is 0.324 e.